The number of carbonyl (C=O) groups excluding carboxylic acids is 1. The Morgan fingerprint density at radius 1 is 1.73 bits per heavy atom. The fourth-order valence-electron chi connectivity index (χ4n) is 0.946. The van der Waals surface area contributed by atoms with Crippen molar-refractivity contribution in [3.8, 4) is 0 Å². The van der Waals surface area contributed by atoms with Crippen molar-refractivity contribution in [2.75, 3.05) is 26.1 Å². The van der Waals surface area contributed by atoms with Crippen molar-refractivity contribution in [3.63, 3.8) is 0 Å². The summed E-state index contributed by atoms with van der Waals surface area (Å²) in [5.74, 6) is 0.190. The molecule has 1 amide bonds. The zero-order valence-corrected chi connectivity index (χ0v) is 7.69. The van der Waals surface area contributed by atoms with Crippen LogP contribution in [0.3, 0.4) is 0 Å². The molecule has 64 valence electrons. The lowest BCUT2D eigenvalue weighted by Gasteiger charge is -2.16. The molecule has 4 heteroatoms. The molecule has 1 aliphatic heterocycles. The second-order valence-electron chi connectivity index (χ2n) is 2.52. The third-order valence-electron chi connectivity index (χ3n) is 1.77. The Morgan fingerprint density at radius 2 is 2.45 bits per heavy atom. The first kappa shape index (κ1) is 8.87. The summed E-state index contributed by atoms with van der Waals surface area (Å²) in [6.45, 7) is 3.84. The molecule has 0 N–H and O–H groups in total. The van der Waals surface area contributed by atoms with E-state index in [2.05, 4.69) is 0 Å². The molecular weight excluding hydrogens is 162 g/mol. The van der Waals surface area contributed by atoms with Crippen molar-refractivity contribution in [1.82, 2.24) is 4.90 Å². The summed E-state index contributed by atoms with van der Waals surface area (Å²) in [4.78, 5) is 13.2. The van der Waals surface area contributed by atoms with E-state index in [1.54, 1.807) is 16.7 Å². The molecule has 0 aromatic rings. The Kier molecular flexibility index (Phi) is 3.20. The van der Waals surface area contributed by atoms with Gasteiger partial charge in [-0.1, -0.05) is 0 Å². The lowest BCUT2D eigenvalue weighted by Crippen LogP contribution is -2.34. The van der Waals surface area contributed by atoms with Crippen LogP contribution in [0.2, 0.25) is 0 Å². The molecule has 1 fully saturated rings. The van der Waals surface area contributed by atoms with Gasteiger partial charge in [-0.3, -0.25) is 4.79 Å². The van der Waals surface area contributed by atoms with E-state index in [1.165, 1.54) is 0 Å². The maximum absolute atomic E-state index is 11.4. The van der Waals surface area contributed by atoms with Crippen LogP contribution in [-0.4, -0.2) is 42.2 Å². The molecule has 0 radical (unpaired) electrons. The number of nitrogens with zero attached hydrogens (tertiary/aromatic N) is 1. The monoisotopic (exact) mass is 175 g/mol. The molecule has 0 spiro atoms. The molecule has 0 aromatic carbocycles. The van der Waals surface area contributed by atoms with Crippen LogP contribution in [0.5, 0.6) is 0 Å². The van der Waals surface area contributed by atoms with Crippen LogP contribution in [0.4, 0.5) is 0 Å². The van der Waals surface area contributed by atoms with E-state index >= 15 is 0 Å². The van der Waals surface area contributed by atoms with Gasteiger partial charge < -0.3 is 9.64 Å². The topological polar surface area (TPSA) is 29.5 Å². The van der Waals surface area contributed by atoms with Gasteiger partial charge in [0.15, 0.2) is 0 Å². The average molecular weight is 175 g/mol. The standard InChI is InChI=1S/C7H13NO2S/c1-6(11-2)7(9)8-3-4-10-5-8/h6H,3-5H2,1-2H3. The van der Waals surface area contributed by atoms with E-state index < -0.39 is 0 Å². The van der Waals surface area contributed by atoms with E-state index in [4.69, 9.17) is 4.74 Å². The van der Waals surface area contributed by atoms with Crippen LogP contribution in [0.15, 0.2) is 0 Å². The first-order valence-electron chi connectivity index (χ1n) is 3.65. The first-order chi connectivity index (χ1) is 5.25. The van der Waals surface area contributed by atoms with Gasteiger partial charge in [-0.15, -0.1) is 0 Å². The van der Waals surface area contributed by atoms with E-state index in [-0.39, 0.29) is 11.2 Å². The number of rotatable bonds is 2. The number of amides is 1. The molecular formula is C7H13NO2S. The number of hydrogen-bond acceptors (Lipinski definition) is 3. The van der Waals surface area contributed by atoms with Gasteiger partial charge in [-0.25, -0.2) is 0 Å². The van der Waals surface area contributed by atoms with Gasteiger partial charge in [0.2, 0.25) is 5.91 Å². The fourth-order valence-corrected chi connectivity index (χ4v) is 1.30. The Balaban J connectivity index is 2.39. The number of ether oxygens (including phenoxy) is 1. The molecule has 0 saturated carbocycles. The Hall–Kier alpha value is -0.220. The van der Waals surface area contributed by atoms with Gasteiger partial charge in [0.25, 0.3) is 0 Å². The summed E-state index contributed by atoms with van der Waals surface area (Å²) in [5, 5.41) is 0.0664. The maximum Gasteiger partial charge on any atom is 0.237 e. The molecule has 0 aliphatic carbocycles. The van der Waals surface area contributed by atoms with Crippen molar-refractivity contribution in [2.24, 2.45) is 0 Å². The van der Waals surface area contributed by atoms with Crippen molar-refractivity contribution >= 4 is 17.7 Å². The highest BCUT2D eigenvalue weighted by Gasteiger charge is 2.22. The van der Waals surface area contributed by atoms with Crippen molar-refractivity contribution < 1.29 is 9.53 Å². The van der Waals surface area contributed by atoms with Gasteiger partial charge >= 0.3 is 0 Å². The summed E-state index contributed by atoms with van der Waals surface area (Å²) >= 11 is 1.57. The molecule has 1 aliphatic rings. The minimum Gasteiger partial charge on any atom is -0.359 e. The molecule has 1 atom stereocenters. The highest BCUT2D eigenvalue weighted by Crippen LogP contribution is 2.11. The second kappa shape index (κ2) is 3.97. The Morgan fingerprint density at radius 3 is 2.91 bits per heavy atom. The van der Waals surface area contributed by atoms with Crippen LogP contribution in [0.1, 0.15) is 6.92 Å². The van der Waals surface area contributed by atoms with Gasteiger partial charge in [0.05, 0.1) is 11.9 Å². The normalized spacial score (nSPS) is 20.4. The van der Waals surface area contributed by atoms with Gasteiger partial charge in [0, 0.05) is 6.54 Å². The quantitative estimate of drug-likeness (QED) is 0.614. The molecule has 0 aromatic heterocycles. The lowest BCUT2D eigenvalue weighted by molar-refractivity contribution is -0.130. The van der Waals surface area contributed by atoms with Gasteiger partial charge in [-0.05, 0) is 13.2 Å². The predicted molar refractivity (Wildman–Crippen MR) is 45.5 cm³/mol. The van der Waals surface area contributed by atoms with Crippen LogP contribution in [-0.2, 0) is 9.53 Å². The number of thioether (sulfide) groups is 1. The summed E-state index contributed by atoms with van der Waals surface area (Å²) in [6.07, 6.45) is 1.94. The van der Waals surface area contributed by atoms with E-state index in [0.29, 0.717) is 13.3 Å². The minimum absolute atomic E-state index is 0.0664. The smallest absolute Gasteiger partial charge is 0.237 e. The van der Waals surface area contributed by atoms with Gasteiger partial charge in [0.1, 0.15) is 6.73 Å². The zero-order chi connectivity index (χ0) is 8.27. The molecule has 11 heavy (non-hydrogen) atoms. The third kappa shape index (κ3) is 2.10. The fraction of sp³-hybridized carbons (Fsp3) is 0.857. The summed E-state index contributed by atoms with van der Waals surface area (Å²) < 4.78 is 5.07. The highest BCUT2D eigenvalue weighted by molar-refractivity contribution is 7.99. The van der Waals surface area contributed by atoms with Crippen LogP contribution >= 0.6 is 11.8 Å². The average Bonchev–Trinajstić information content (AvgIpc) is 2.53. The Labute approximate surface area is 71.1 Å². The highest BCUT2D eigenvalue weighted by atomic mass is 32.2. The maximum atomic E-state index is 11.4. The van der Waals surface area contributed by atoms with Crippen LogP contribution in [0.25, 0.3) is 0 Å². The van der Waals surface area contributed by atoms with Crippen molar-refractivity contribution in [3.05, 3.63) is 0 Å². The summed E-state index contributed by atoms with van der Waals surface area (Å²) in [7, 11) is 0. The van der Waals surface area contributed by atoms with Crippen LogP contribution in [0, 0.1) is 0 Å². The molecule has 1 saturated heterocycles. The first-order valence-corrected chi connectivity index (χ1v) is 4.94. The Bertz CT molecular complexity index is 145. The summed E-state index contributed by atoms with van der Waals surface area (Å²) in [6, 6.07) is 0. The molecule has 0 bridgehead atoms. The lowest BCUT2D eigenvalue weighted by atomic mass is 10.4. The predicted octanol–water partition coefficient (Wildman–Crippen LogP) is 0.554. The van der Waals surface area contributed by atoms with E-state index in [0.717, 1.165) is 6.54 Å². The largest absolute Gasteiger partial charge is 0.359 e. The molecule has 1 heterocycles. The zero-order valence-electron chi connectivity index (χ0n) is 6.87. The summed E-state index contributed by atoms with van der Waals surface area (Å²) in [5.41, 5.74) is 0. The van der Waals surface area contributed by atoms with Crippen molar-refractivity contribution in [1.29, 1.82) is 0 Å². The third-order valence-corrected chi connectivity index (χ3v) is 2.67. The number of carbonyl (C=O) groups is 1. The minimum atomic E-state index is 0.0664. The molecule has 3 nitrogen and oxygen atoms in total. The molecule has 1 rings (SSSR count). The number of hydrogen-bond donors (Lipinski definition) is 0. The van der Waals surface area contributed by atoms with Gasteiger partial charge in [-0.2, -0.15) is 11.8 Å². The van der Waals surface area contributed by atoms with Crippen molar-refractivity contribution in [2.45, 2.75) is 12.2 Å². The van der Waals surface area contributed by atoms with E-state index in [1.807, 2.05) is 13.2 Å². The van der Waals surface area contributed by atoms with Crippen LogP contribution < -0.4 is 0 Å². The molecule has 1 unspecified atom stereocenters. The SMILES string of the molecule is CSC(C)C(=O)N1CCOC1. The van der Waals surface area contributed by atoms with E-state index in [9.17, 15) is 4.79 Å². The second-order valence-corrected chi connectivity index (χ2v) is 3.70.